The first kappa shape index (κ1) is 13.3. The third-order valence-electron chi connectivity index (χ3n) is 3.84. The molecule has 0 amide bonds. The molecule has 20 heavy (non-hydrogen) atoms. The van der Waals surface area contributed by atoms with Crippen molar-refractivity contribution in [2.24, 2.45) is 5.84 Å². The number of rotatable bonds is 3. The fourth-order valence-corrected chi connectivity index (χ4v) is 2.86. The molecule has 0 radical (unpaired) electrons. The van der Waals surface area contributed by atoms with Crippen molar-refractivity contribution in [2.75, 3.05) is 13.2 Å². The molecule has 0 bridgehead atoms. The predicted molar refractivity (Wildman–Crippen MR) is 78.2 cm³/mol. The largest absolute Gasteiger partial charge is 0.493 e. The van der Waals surface area contributed by atoms with Gasteiger partial charge in [-0.05, 0) is 25.8 Å². The Hall–Kier alpha value is -1.72. The summed E-state index contributed by atoms with van der Waals surface area (Å²) < 4.78 is 5.80. The van der Waals surface area contributed by atoms with Crippen LogP contribution in [0.4, 0.5) is 0 Å². The normalized spacial score (nSPS) is 20.2. The summed E-state index contributed by atoms with van der Waals surface area (Å²) in [7, 11) is 0. The zero-order chi connectivity index (χ0) is 13.9. The highest BCUT2D eigenvalue weighted by Gasteiger charge is 2.25. The highest BCUT2D eigenvalue weighted by molar-refractivity contribution is 5.80. The van der Waals surface area contributed by atoms with Crippen LogP contribution in [-0.2, 0) is 0 Å². The van der Waals surface area contributed by atoms with Crippen LogP contribution >= 0.6 is 0 Å². The van der Waals surface area contributed by atoms with Gasteiger partial charge in [0.15, 0.2) is 0 Å². The molecule has 1 unspecified atom stereocenters. The van der Waals surface area contributed by atoms with Crippen molar-refractivity contribution in [1.82, 2.24) is 15.0 Å². The Labute approximate surface area is 118 Å². The summed E-state index contributed by atoms with van der Waals surface area (Å²) in [6.07, 6.45) is 6.83. The minimum atomic E-state index is 0.218. The number of ether oxygens (including phenoxy) is 1. The average molecular weight is 272 g/mol. The zero-order valence-electron chi connectivity index (χ0n) is 11.7. The second-order valence-electron chi connectivity index (χ2n) is 5.15. The van der Waals surface area contributed by atoms with Gasteiger partial charge in [-0.1, -0.05) is 6.42 Å². The smallest absolute Gasteiger partial charge is 0.126 e. The van der Waals surface area contributed by atoms with Crippen molar-refractivity contribution in [2.45, 2.75) is 32.2 Å². The van der Waals surface area contributed by atoms with E-state index in [-0.39, 0.29) is 6.04 Å². The Morgan fingerprint density at radius 2 is 2.30 bits per heavy atom. The van der Waals surface area contributed by atoms with E-state index in [0.29, 0.717) is 6.61 Å². The predicted octanol–water partition coefficient (Wildman–Crippen LogP) is 2.43. The van der Waals surface area contributed by atoms with Gasteiger partial charge in [0, 0.05) is 29.8 Å². The monoisotopic (exact) mass is 272 g/mol. The van der Waals surface area contributed by atoms with Crippen molar-refractivity contribution in [3.8, 4) is 5.75 Å². The quantitative estimate of drug-likeness (QED) is 0.869. The molecule has 106 valence electrons. The molecule has 2 heterocycles. The second-order valence-corrected chi connectivity index (χ2v) is 5.15. The Morgan fingerprint density at radius 3 is 3.10 bits per heavy atom. The van der Waals surface area contributed by atoms with E-state index in [9.17, 15) is 0 Å². The minimum Gasteiger partial charge on any atom is -0.493 e. The third kappa shape index (κ3) is 2.46. The van der Waals surface area contributed by atoms with Gasteiger partial charge in [0.25, 0.3) is 0 Å². The second kappa shape index (κ2) is 5.73. The van der Waals surface area contributed by atoms with E-state index >= 15 is 0 Å². The molecule has 3 rings (SSSR count). The van der Waals surface area contributed by atoms with Crippen LogP contribution in [0.1, 0.15) is 37.8 Å². The first-order valence-electron chi connectivity index (χ1n) is 7.17. The molecule has 0 spiro atoms. The average Bonchev–Trinajstić information content (AvgIpc) is 2.48. The fourth-order valence-electron chi connectivity index (χ4n) is 2.86. The number of hydrogen-bond acceptors (Lipinski definition) is 5. The molecule has 1 aromatic carbocycles. The van der Waals surface area contributed by atoms with Crippen LogP contribution in [0, 0.1) is 0 Å². The summed E-state index contributed by atoms with van der Waals surface area (Å²) in [4.78, 5) is 8.39. The lowest BCUT2D eigenvalue weighted by molar-refractivity contribution is 0.148. The minimum absolute atomic E-state index is 0.218. The van der Waals surface area contributed by atoms with E-state index in [4.69, 9.17) is 10.6 Å². The number of aromatic nitrogens is 2. The van der Waals surface area contributed by atoms with Gasteiger partial charge >= 0.3 is 0 Å². The molecule has 2 N–H and O–H groups in total. The topological polar surface area (TPSA) is 64.3 Å². The van der Waals surface area contributed by atoms with Crippen LogP contribution in [0.2, 0.25) is 0 Å². The summed E-state index contributed by atoms with van der Waals surface area (Å²) in [5, 5.41) is 2.96. The van der Waals surface area contributed by atoms with E-state index in [0.717, 1.165) is 41.6 Å². The summed E-state index contributed by atoms with van der Waals surface area (Å²) in [5.74, 6) is 7.06. The summed E-state index contributed by atoms with van der Waals surface area (Å²) in [5.41, 5.74) is 2.06. The zero-order valence-corrected chi connectivity index (χ0v) is 11.7. The van der Waals surface area contributed by atoms with Crippen molar-refractivity contribution in [3.05, 3.63) is 30.2 Å². The van der Waals surface area contributed by atoms with Crippen molar-refractivity contribution in [3.63, 3.8) is 0 Å². The molecule has 1 atom stereocenters. The molecular weight excluding hydrogens is 252 g/mol. The first-order chi connectivity index (χ1) is 9.79. The maximum absolute atomic E-state index is 6.17. The Kier molecular flexibility index (Phi) is 3.80. The van der Waals surface area contributed by atoms with E-state index in [1.807, 2.05) is 24.2 Å². The van der Waals surface area contributed by atoms with Gasteiger partial charge in [-0.15, -0.1) is 0 Å². The van der Waals surface area contributed by atoms with Gasteiger partial charge in [0.05, 0.1) is 18.2 Å². The molecule has 5 heteroatoms. The lowest BCUT2D eigenvalue weighted by atomic mass is 9.95. The van der Waals surface area contributed by atoms with Gasteiger partial charge in [0.1, 0.15) is 12.1 Å². The number of piperidine rings is 1. The van der Waals surface area contributed by atoms with E-state index in [2.05, 4.69) is 16.0 Å². The molecule has 1 aliphatic heterocycles. The number of hydrogen-bond donors (Lipinski definition) is 1. The van der Waals surface area contributed by atoms with E-state index in [1.165, 1.54) is 6.42 Å². The van der Waals surface area contributed by atoms with Crippen LogP contribution < -0.4 is 10.6 Å². The maximum atomic E-state index is 6.17. The third-order valence-corrected chi connectivity index (χ3v) is 3.84. The van der Waals surface area contributed by atoms with Gasteiger partial charge in [-0.25, -0.2) is 15.0 Å². The highest BCUT2D eigenvalue weighted by Crippen LogP contribution is 2.36. The van der Waals surface area contributed by atoms with Crippen molar-refractivity contribution in [1.29, 1.82) is 0 Å². The number of benzene rings is 1. The maximum Gasteiger partial charge on any atom is 0.126 e. The lowest BCUT2D eigenvalue weighted by Gasteiger charge is -2.33. The van der Waals surface area contributed by atoms with Gasteiger partial charge in [-0.3, -0.25) is 5.84 Å². The molecular formula is C15H20N4O. The van der Waals surface area contributed by atoms with Crippen molar-refractivity contribution >= 4 is 10.9 Å². The Morgan fingerprint density at radius 1 is 1.40 bits per heavy atom. The number of nitrogens with two attached hydrogens (primary N) is 1. The van der Waals surface area contributed by atoms with Crippen LogP contribution in [0.25, 0.3) is 10.9 Å². The molecule has 0 aliphatic carbocycles. The number of fused-ring (bicyclic) bond motifs is 1. The molecule has 2 aromatic rings. The van der Waals surface area contributed by atoms with Crippen molar-refractivity contribution < 1.29 is 4.74 Å². The SMILES string of the molecule is CCOc1cc2ncncc2cc1C1CCCCN1N. The van der Waals surface area contributed by atoms with Crippen LogP contribution in [0.5, 0.6) is 5.75 Å². The first-order valence-corrected chi connectivity index (χ1v) is 7.17. The van der Waals surface area contributed by atoms with Gasteiger partial charge in [0.2, 0.25) is 0 Å². The molecule has 1 fully saturated rings. The van der Waals surface area contributed by atoms with E-state index < -0.39 is 0 Å². The van der Waals surface area contributed by atoms with Crippen LogP contribution in [-0.4, -0.2) is 28.1 Å². The van der Waals surface area contributed by atoms with Gasteiger partial charge in [-0.2, -0.15) is 0 Å². The van der Waals surface area contributed by atoms with Crippen LogP contribution in [0.3, 0.4) is 0 Å². The molecule has 1 saturated heterocycles. The molecule has 1 aromatic heterocycles. The number of hydrazine groups is 1. The van der Waals surface area contributed by atoms with Gasteiger partial charge < -0.3 is 4.74 Å². The summed E-state index contributed by atoms with van der Waals surface area (Å²) in [6.45, 7) is 3.56. The Balaban J connectivity index is 2.08. The molecule has 0 saturated carbocycles. The Bertz CT molecular complexity index is 601. The summed E-state index contributed by atoms with van der Waals surface area (Å²) >= 11 is 0. The fraction of sp³-hybridized carbons (Fsp3) is 0.467. The van der Waals surface area contributed by atoms with Crippen LogP contribution in [0.15, 0.2) is 24.7 Å². The summed E-state index contributed by atoms with van der Waals surface area (Å²) in [6, 6.07) is 4.34. The molecule has 5 nitrogen and oxygen atoms in total. The number of nitrogens with zero attached hydrogens (tertiary/aromatic N) is 3. The standard InChI is InChI=1S/C15H20N4O/c1-2-20-15-8-13-11(9-17-10-18-13)7-12(15)14-5-3-4-6-19(14)16/h7-10,14H,2-6,16H2,1H3. The molecule has 1 aliphatic rings. The lowest BCUT2D eigenvalue weighted by Crippen LogP contribution is -2.39. The highest BCUT2D eigenvalue weighted by atomic mass is 16.5. The van der Waals surface area contributed by atoms with E-state index in [1.54, 1.807) is 6.33 Å².